The second kappa shape index (κ2) is 2.86. The number of carbonyl (C=O) groups is 1. The van der Waals surface area contributed by atoms with Gasteiger partial charge in [-0.3, -0.25) is 4.79 Å². The Morgan fingerprint density at radius 3 is 3.15 bits per heavy atom. The molecule has 0 saturated carbocycles. The van der Waals surface area contributed by atoms with E-state index in [4.69, 9.17) is 4.74 Å². The third-order valence-corrected chi connectivity index (χ3v) is 3.65. The van der Waals surface area contributed by atoms with Crippen molar-refractivity contribution in [2.75, 3.05) is 0 Å². The van der Waals surface area contributed by atoms with Crippen LogP contribution >= 0.6 is 0 Å². The lowest BCUT2D eigenvalue weighted by molar-refractivity contribution is -0.147. The van der Waals surface area contributed by atoms with E-state index in [0.29, 0.717) is 12.3 Å². The van der Waals surface area contributed by atoms with Gasteiger partial charge in [-0.2, -0.15) is 0 Å². The Morgan fingerprint density at radius 2 is 2.38 bits per heavy atom. The third-order valence-electron chi connectivity index (χ3n) is 3.65. The van der Waals surface area contributed by atoms with Gasteiger partial charge in [0.05, 0.1) is 0 Å². The highest BCUT2D eigenvalue weighted by atomic mass is 16.5. The maximum absolute atomic E-state index is 11.1. The second-order valence-corrected chi connectivity index (χ2v) is 4.44. The first-order chi connectivity index (χ1) is 6.13. The van der Waals surface area contributed by atoms with Crippen LogP contribution in [0.25, 0.3) is 0 Å². The highest BCUT2D eigenvalue weighted by molar-refractivity contribution is 5.72. The highest BCUT2D eigenvalue weighted by Gasteiger charge is 2.42. The number of ether oxygens (including phenoxy) is 1. The molecule has 0 amide bonds. The minimum atomic E-state index is -0.0576. The smallest absolute Gasteiger partial charge is 0.310 e. The Balaban J connectivity index is 2.30. The Hall–Kier alpha value is -0.790. The monoisotopic (exact) mass is 180 g/mol. The SMILES string of the molecule is C[C@@H]1CCC=C2OC(=O)CC[C@]21C. The van der Waals surface area contributed by atoms with Gasteiger partial charge in [-0.1, -0.05) is 13.8 Å². The molecule has 1 heterocycles. The number of hydrogen-bond donors (Lipinski definition) is 0. The van der Waals surface area contributed by atoms with Crippen molar-refractivity contribution in [3.05, 3.63) is 11.8 Å². The number of fused-ring (bicyclic) bond motifs is 1. The normalized spacial score (nSPS) is 39.1. The van der Waals surface area contributed by atoms with Crippen LogP contribution < -0.4 is 0 Å². The van der Waals surface area contributed by atoms with Gasteiger partial charge < -0.3 is 4.74 Å². The Bertz CT molecular complexity index is 267. The van der Waals surface area contributed by atoms with Gasteiger partial charge in [0.25, 0.3) is 0 Å². The van der Waals surface area contributed by atoms with E-state index in [-0.39, 0.29) is 11.4 Å². The predicted octanol–water partition coefficient (Wildman–Crippen LogP) is 2.64. The summed E-state index contributed by atoms with van der Waals surface area (Å²) in [4.78, 5) is 11.1. The van der Waals surface area contributed by atoms with Gasteiger partial charge in [-0.25, -0.2) is 0 Å². The van der Waals surface area contributed by atoms with Gasteiger partial charge in [-0.05, 0) is 31.3 Å². The van der Waals surface area contributed by atoms with Crippen LogP contribution in [-0.2, 0) is 9.53 Å². The van der Waals surface area contributed by atoms with Crippen molar-refractivity contribution in [1.29, 1.82) is 0 Å². The molecule has 0 unspecified atom stereocenters. The average molecular weight is 180 g/mol. The quantitative estimate of drug-likeness (QED) is 0.536. The Labute approximate surface area is 79.0 Å². The summed E-state index contributed by atoms with van der Waals surface area (Å²) in [6.07, 6.45) is 5.91. The van der Waals surface area contributed by atoms with Crippen LogP contribution in [0.2, 0.25) is 0 Å². The van der Waals surface area contributed by atoms with Gasteiger partial charge in [0.15, 0.2) is 0 Å². The van der Waals surface area contributed by atoms with E-state index in [1.165, 1.54) is 6.42 Å². The zero-order valence-corrected chi connectivity index (χ0v) is 8.30. The summed E-state index contributed by atoms with van der Waals surface area (Å²) in [6, 6.07) is 0. The van der Waals surface area contributed by atoms with Crippen LogP contribution in [0.1, 0.15) is 39.5 Å². The maximum atomic E-state index is 11.1. The van der Waals surface area contributed by atoms with Crippen LogP contribution in [0.4, 0.5) is 0 Å². The third kappa shape index (κ3) is 1.28. The van der Waals surface area contributed by atoms with E-state index in [0.717, 1.165) is 18.6 Å². The second-order valence-electron chi connectivity index (χ2n) is 4.44. The molecule has 0 aromatic carbocycles. The molecule has 1 aliphatic heterocycles. The first kappa shape index (κ1) is 8.79. The van der Waals surface area contributed by atoms with Crippen molar-refractivity contribution < 1.29 is 9.53 Å². The van der Waals surface area contributed by atoms with Crippen LogP contribution in [0.5, 0.6) is 0 Å². The molecule has 2 atom stereocenters. The molecule has 0 radical (unpaired) electrons. The topological polar surface area (TPSA) is 26.3 Å². The largest absolute Gasteiger partial charge is 0.431 e. The minimum Gasteiger partial charge on any atom is -0.431 e. The van der Waals surface area contributed by atoms with Gasteiger partial charge in [0, 0.05) is 11.8 Å². The summed E-state index contributed by atoms with van der Waals surface area (Å²) >= 11 is 0. The fourth-order valence-electron chi connectivity index (χ4n) is 2.32. The molecule has 2 rings (SSSR count). The van der Waals surface area contributed by atoms with Crippen LogP contribution in [0.15, 0.2) is 11.8 Å². The minimum absolute atomic E-state index is 0.0576. The standard InChI is InChI=1S/C11H16O2/c1-8-4-3-5-9-11(8,2)7-6-10(12)13-9/h5,8H,3-4,6-7H2,1-2H3/t8-,11+/m1/s1. The molecule has 1 aliphatic carbocycles. The van der Waals surface area contributed by atoms with E-state index in [1.54, 1.807) is 0 Å². The molecule has 0 aromatic heterocycles. The van der Waals surface area contributed by atoms with Crippen LogP contribution in [0, 0.1) is 11.3 Å². The van der Waals surface area contributed by atoms with E-state index < -0.39 is 0 Å². The Kier molecular flexibility index (Phi) is 1.94. The lowest BCUT2D eigenvalue weighted by Crippen LogP contribution is -2.36. The molecule has 1 saturated heterocycles. The molecule has 2 nitrogen and oxygen atoms in total. The highest BCUT2D eigenvalue weighted by Crippen LogP contribution is 2.48. The van der Waals surface area contributed by atoms with Crippen molar-refractivity contribution in [2.45, 2.75) is 39.5 Å². The number of carbonyl (C=O) groups excluding carboxylic acids is 1. The fourth-order valence-corrected chi connectivity index (χ4v) is 2.32. The molecule has 0 bridgehead atoms. The average Bonchev–Trinajstić information content (AvgIpc) is 2.09. The van der Waals surface area contributed by atoms with Crippen LogP contribution in [-0.4, -0.2) is 5.97 Å². The first-order valence-corrected chi connectivity index (χ1v) is 5.04. The van der Waals surface area contributed by atoms with Gasteiger partial charge in [-0.15, -0.1) is 0 Å². The summed E-state index contributed by atoms with van der Waals surface area (Å²) in [7, 11) is 0. The molecular weight excluding hydrogens is 164 g/mol. The molecule has 0 N–H and O–H groups in total. The lowest BCUT2D eigenvalue weighted by Gasteiger charge is -2.42. The van der Waals surface area contributed by atoms with E-state index in [9.17, 15) is 4.79 Å². The summed E-state index contributed by atoms with van der Waals surface area (Å²) < 4.78 is 5.29. The number of hydrogen-bond acceptors (Lipinski definition) is 2. The van der Waals surface area contributed by atoms with Gasteiger partial charge in [0.1, 0.15) is 5.76 Å². The Morgan fingerprint density at radius 1 is 1.62 bits per heavy atom. The van der Waals surface area contributed by atoms with Crippen molar-refractivity contribution in [1.82, 2.24) is 0 Å². The molecule has 1 fully saturated rings. The number of esters is 1. The first-order valence-electron chi connectivity index (χ1n) is 5.04. The molecule has 13 heavy (non-hydrogen) atoms. The van der Waals surface area contributed by atoms with Gasteiger partial charge in [0.2, 0.25) is 0 Å². The zero-order valence-electron chi connectivity index (χ0n) is 8.30. The molecule has 2 heteroatoms. The number of allylic oxidation sites excluding steroid dienone is 2. The molecule has 72 valence electrons. The van der Waals surface area contributed by atoms with Crippen molar-refractivity contribution in [3.8, 4) is 0 Å². The predicted molar refractivity (Wildman–Crippen MR) is 49.9 cm³/mol. The van der Waals surface area contributed by atoms with Crippen molar-refractivity contribution >= 4 is 5.97 Å². The molecular formula is C11H16O2. The summed E-state index contributed by atoms with van der Waals surface area (Å²) in [5.41, 5.74) is 0.131. The van der Waals surface area contributed by atoms with Gasteiger partial charge >= 0.3 is 5.97 Å². The number of rotatable bonds is 0. The van der Waals surface area contributed by atoms with Crippen LogP contribution in [0.3, 0.4) is 0 Å². The van der Waals surface area contributed by atoms with E-state index in [1.807, 2.05) is 0 Å². The van der Waals surface area contributed by atoms with Crippen molar-refractivity contribution in [2.24, 2.45) is 11.3 Å². The molecule has 0 spiro atoms. The molecule has 2 aliphatic rings. The summed E-state index contributed by atoms with van der Waals surface area (Å²) in [6.45, 7) is 4.47. The zero-order chi connectivity index (χ0) is 9.47. The lowest BCUT2D eigenvalue weighted by atomic mass is 9.67. The van der Waals surface area contributed by atoms with E-state index >= 15 is 0 Å². The maximum Gasteiger partial charge on any atom is 0.310 e. The van der Waals surface area contributed by atoms with E-state index in [2.05, 4.69) is 19.9 Å². The van der Waals surface area contributed by atoms with Crippen molar-refractivity contribution in [3.63, 3.8) is 0 Å². The summed E-state index contributed by atoms with van der Waals surface area (Å²) in [5, 5.41) is 0. The summed E-state index contributed by atoms with van der Waals surface area (Å²) in [5.74, 6) is 1.51. The fraction of sp³-hybridized carbons (Fsp3) is 0.727. The molecule has 0 aromatic rings.